The summed E-state index contributed by atoms with van der Waals surface area (Å²) in [5.41, 5.74) is 2.82. The van der Waals surface area contributed by atoms with Gasteiger partial charge in [-0.1, -0.05) is 27.5 Å². The number of nitrogens with zero attached hydrogens (tertiary/aromatic N) is 2. The van der Waals surface area contributed by atoms with Gasteiger partial charge in [-0.2, -0.15) is 0 Å². The molecule has 0 unspecified atom stereocenters. The highest BCUT2D eigenvalue weighted by Crippen LogP contribution is 2.30. The minimum atomic E-state index is 0.633. The van der Waals surface area contributed by atoms with E-state index in [0.29, 0.717) is 10.8 Å². The fourth-order valence-electron chi connectivity index (χ4n) is 1.66. The van der Waals surface area contributed by atoms with Crippen LogP contribution in [0, 0.1) is 13.8 Å². The Hall–Kier alpha value is -1.13. The first kappa shape index (κ1) is 13.3. The maximum Gasteiger partial charge on any atom is 0.163 e. The van der Waals surface area contributed by atoms with Crippen LogP contribution in [-0.4, -0.2) is 17.0 Å². The summed E-state index contributed by atoms with van der Waals surface area (Å²) in [6.45, 7) is 3.96. The van der Waals surface area contributed by atoms with Crippen molar-refractivity contribution in [3.05, 3.63) is 39.0 Å². The van der Waals surface area contributed by atoms with E-state index in [-0.39, 0.29) is 0 Å². The molecule has 0 saturated heterocycles. The molecule has 0 bridgehead atoms. The SMILES string of the molecule is CNc1nc(-c2cc(Br)ccc2Cl)nc(C)c1C. The Labute approximate surface area is 120 Å². The molecule has 1 aromatic heterocycles. The van der Waals surface area contributed by atoms with Gasteiger partial charge in [-0.3, -0.25) is 0 Å². The molecule has 0 fully saturated rings. The van der Waals surface area contributed by atoms with Crippen molar-refractivity contribution in [2.45, 2.75) is 13.8 Å². The van der Waals surface area contributed by atoms with Gasteiger partial charge in [0.15, 0.2) is 5.82 Å². The second-order valence-corrected chi connectivity index (χ2v) is 5.30. The Bertz CT molecular complexity index is 599. The van der Waals surface area contributed by atoms with Crippen LogP contribution >= 0.6 is 27.5 Å². The Kier molecular flexibility index (Phi) is 3.88. The van der Waals surface area contributed by atoms with Gasteiger partial charge < -0.3 is 5.32 Å². The molecule has 2 rings (SSSR count). The summed E-state index contributed by atoms with van der Waals surface area (Å²) in [5, 5.41) is 3.72. The van der Waals surface area contributed by atoms with Gasteiger partial charge in [0.2, 0.25) is 0 Å². The molecule has 18 heavy (non-hydrogen) atoms. The van der Waals surface area contributed by atoms with Crippen LogP contribution in [0.2, 0.25) is 5.02 Å². The van der Waals surface area contributed by atoms with Gasteiger partial charge in [-0.05, 0) is 32.0 Å². The van der Waals surface area contributed by atoms with Crippen molar-refractivity contribution < 1.29 is 0 Å². The number of anilines is 1. The Morgan fingerprint density at radius 3 is 2.61 bits per heavy atom. The highest BCUT2D eigenvalue weighted by Gasteiger charge is 2.11. The largest absolute Gasteiger partial charge is 0.373 e. The zero-order valence-corrected chi connectivity index (χ0v) is 12.7. The fourth-order valence-corrected chi connectivity index (χ4v) is 2.22. The van der Waals surface area contributed by atoms with Gasteiger partial charge in [0.25, 0.3) is 0 Å². The van der Waals surface area contributed by atoms with Gasteiger partial charge in [0.1, 0.15) is 5.82 Å². The van der Waals surface area contributed by atoms with Crippen molar-refractivity contribution in [2.75, 3.05) is 12.4 Å². The number of hydrogen-bond donors (Lipinski definition) is 1. The van der Waals surface area contributed by atoms with E-state index in [2.05, 4.69) is 31.2 Å². The molecule has 0 radical (unpaired) electrons. The number of hydrogen-bond acceptors (Lipinski definition) is 3. The average molecular weight is 327 g/mol. The third kappa shape index (κ3) is 2.49. The molecule has 0 atom stereocenters. The number of aromatic nitrogens is 2. The average Bonchev–Trinajstić information content (AvgIpc) is 2.35. The van der Waals surface area contributed by atoms with E-state index in [9.17, 15) is 0 Å². The molecule has 1 heterocycles. The van der Waals surface area contributed by atoms with Crippen LogP contribution in [-0.2, 0) is 0 Å². The lowest BCUT2D eigenvalue weighted by atomic mass is 10.2. The molecule has 1 aromatic carbocycles. The van der Waals surface area contributed by atoms with E-state index < -0.39 is 0 Å². The number of rotatable bonds is 2. The maximum atomic E-state index is 6.20. The van der Waals surface area contributed by atoms with E-state index in [1.807, 2.05) is 39.1 Å². The van der Waals surface area contributed by atoms with Crippen LogP contribution < -0.4 is 5.32 Å². The summed E-state index contributed by atoms with van der Waals surface area (Å²) in [6.07, 6.45) is 0. The quantitative estimate of drug-likeness (QED) is 0.898. The van der Waals surface area contributed by atoms with Gasteiger partial charge >= 0.3 is 0 Å². The molecule has 0 amide bonds. The Morgan fingerprint density at radius 1 is 1.22 bits per heavy atom. The number of aryl methyl sites for hydroxylation is 1. The van der Waals surface area contributed by atoms with E-state index >= 15 is 0 Å². The second kappa shape index (κ2) is 5.24. The normalized spacial score (nSPS) is 10.5. The van der Waals surface area contributed by atoms with Crippen molar-refractivity contribution in [3.8, 4) is 11.4 Å². The second-order valence-electron chi connectivity index (χ2n) is 3.98. The Balaban J connectivity index is 2.64. The van der Waals surface area contributed by atoms with Gasteiger partial charge in [-0.25, -0.2) is 9.97 Å². The smallest absolute Gasteiger partial charge is 0.163 e. The minimum Gasteiger partial charge on any atom is -0.373 e. The maximum absolute atomic E-state index is 6.20. The third-order valence-electron chi connectivity index (χ3n) is 2.80. The lowest BCUT2D eigenvalue weighted by molar-refractivity contribution is 1.07. The first-order valence-corrected chi connectivity index (χ1v) is 6.68. The molecular formula is C13H13BrClN3. The summed E-state index contributed by atoms with van der Waals surface area (Å²) >= 11 is 9.63. The van der Waals surface area contributed by atoms with Crippen molar-refractivity contribution in [2.24, 2.45) is 0 Å². The van der Waals surface area contributed by atoms with Crippen molar-refractivity contribution >= 4 is 33.3 Å². The predicted octanol–water partition coefficient (Wildman–Crippen LogP) is 4.22. The van der Waals surface area contributed by atoms with Crippen LogP contribution in [0.1, 0.15) is 11.3 Å². The van der Waals surface area contributed by atoms with E-state index in [1.54, 1.807) is 0 Å². The molecule has 0 aliphatic heterocycles. The standard InChI is InChI=1S/C13H13BrClN3/c1-7-8(2)17-13(18-12(7)16-3)10-6-9(14)4-5-11(10)15/h4-6H,1-3H3,(H,16,17,18). The molecular weight excluding hydrogens is 314 g/mol. The highest BCUT2D eigenvalue weighted by atomic mass is 79.9. The van der Waals surface area contributed by atoms with Gasteiger partial charge in [0, 0.05) is 28.3 Å². The van der Waals surface area contributed by atoms with Crippen LogP contribution in [0.25, 0.3) is 11.4 Å². The first-order chi connectivity index (χ1) is 8.52. The van der Waals surface area contributed by atoms with E-state index in [4.69, 9.17) is 11.6 Å². The molecule has 5 heteroatoms. The molecule has 3 nitrogen and oxygen atoms in total. The van der Waals surface area contributed by atoms with Crippen LogP contribution in [0.3, 0.4) is 0 Å². The van der Waals surface area contributed by atoms with Crippen LogP contribution in [0.4, 0.5) is 5.82 Å². The molecule has 1 N–H and O–H groups in total. The highest BCUT2D eigenvalue weighted by molar-refractivity contribution is 9.10. The van der Waals surface area contributed by atoms with Gasteiger partial charge in [0.05, 0.1) is 5.02 Å². The van der Waals surface area contributed by atoms with Crippen molar-refractivity contribution in [1.29, 1.82) is 0 Å². The fraction of sp³-hybridized carbons (Fsp3) is 0.231. The summed E-state index contributed by atoms with van der Waals surface area (Å²) in [6, 6.07) is 5.65. The minimum absolute atomic E-state index is 0.633. The van der Waals surface area contributed by atoms with Crippen molar-refractivity contribution in [1.82, 2.24) is 9.97 Å². The van der Waals surface area contributed by atoms with Crippen molar-refractivity contribution in [3.63, 3.8) is 0 Å². The lowest BCUT2D eigenvalue weighted by Gasteiger charge is -2.10. The molecule has 0 spiro atoms. The molecule has 0 saturated carbocycles. The molecule has 0 aliphatic carbocycles. The number of halogens is 2. The zero-order valence-electron chi connectivity index (χ0n) is 10.4. The number of benzene rings is 1. The Morgan fingerprint density at radius 2 is 1.94 bits per heavy atom. The van der Waals surface area contributed by atoms with E-state index in [1.165, 1.54) is 0 Å². The summed E-state index contributed by atoms with van der Waals surface area (Å²) in [7, 11) is 1.85. The van der Waals surface area contributed by atoms with Crippen LogP contribution in [0.5, 0.6) is 0 Å². The summed E-state index contributed by atoms with van der Waals surface area (Å²) in [4.78, 5) is 8.99. The van der Waals surface area contributed by atoms with Gasteiger partial charge in [-0.15, -0.1) is 0 Å². The summed E-state index contributed by atoms with van der Waals surface area (Å²) < 4.78 is 0.953. The predicted molar refractivity (Wildman–Crippen MR) is 79.2 cm³/mol. The summed E-state index contributed by atoms with van der Waals surface area (Å²) in [5.74, 6) is 1.46. The first-order valence-electron chi connectivity index (χ1n) is 5.51. The van der Waals surface area contributed by atoms with E-state index in [0.717, 1.165) is 27.1 Å². The van der Waals surface area contributed by atoms with Crippen LogP contribution in [0.15, 0.2) is 22.7 Å². The molecule has 2 aromatic rings. The third-order valence-corrected chi connectivity index (χ3v) is 3.62. The molecule has 0 aliphatic rings. The zero-order chi connectivity index (χ0) is 13.3. The topological polar surface area (TPSA) is 37.8 Å². The lowest BCUT2D eigenvalue weighted by Crippen LogP contribution is -2.02. The number of nitrogens with one attached hydrogen (secondary N) is 1. The molecule has 94 valence electrons. The monoisotopic (exact) mass is 325 g/mol.